The van der Waals surface area contributed by atoms with E-state index < -0.39 is 29.5 Å². The summed E-state index contributed by atoms with van der Waals surface area (Å²) < 4.78 is 17.9. The van der Waals surface area contributed by atoms with E-state index in [0.29, 0.717) is 5.56 Å². The average molecular weight is 283 g/mol. The number of rotatable bonds is 4. The Morgan fingerprint density at radius 3 is 2.30 bits per heavy atom. The number of hydrogen-bond donors (Lipinski definition) is 2. The number of hydrogen-bond acceptors (Lipinski definition) is 3. The maximum absolute atomic E-state index is 12.9. The predicted octanol–water partition coefficient (Wildman–Crippen LogP) is 2.87. The number of carboxylic acid groups (broad SMARTS) is 1. The van der Waals surface area contributed by atoms with Crippen LogP contribution in [0.3, 0.4) is 0 Å². The van der Waals surface area contributed by atoms with Crippen molar-refractivity contribution in [2.45, 2.75) is 38.8 Å². The first-order chi connectivity index (χ1) is 9.17. The smallest absolute Gasteiger partial charge is 0.408 e. The van der Waals surface area contributed by atoms with Crippen molar-refractivity contribution in [3.8, 4) is 0 Å². The monoisotopic (exact) mass is 283 g/mol. The van der Waals surface area contributed by atoms with Crippen LogP contribution in [0.15, 0.2) is 24.3 Å². The molecule has 0 spiro atoms. The molecule has 0 saturated carbocycles. The maximum Gasteiger partial charge on any atom is 0.408 e. The lowest BCUT2D eigenvalue weighted by Gasteiger charge is -2.23. The summed E-state index contributed by atoms with van der Waals surface area (Å²) in [6, 6.07) is 4.51. The number of alkyl carbamates (subject to hydrolysis) is 1. The number of aliphatic carboxylic acids is 1. The summed E-state index contributed by atoms with van der Waals surface area (Å²) in [6.07, 6.45) is -1.03. The molecule has 1 atom stereocenters. The molecule has 5 nitrogen and oxygen atoms in total. The molecule has 1 amide bonds. The van der Waals surface area contributed by atoms with Gasteiger partial charge in [-0.1, -0.05) is 12.1 Å². The zero-order valence-corrected chi connectivity index (χ0v) is 11.6. The van der Waals surface area contributed by atoms with Crippen LogP contribution in [0.2, 0.25) is 0 Å². The van der Waals surface area contributed by atoms with Crippen molar-refractivity contribution < 1.29 is 23.8 Å². The van der Waals surface area contributed by atoms with E-state index in [0.717, 1.165) is 0 Å². The van der Waals surface area contributed by atoms with Gasteiger partial charge >= 0.3 is 12.1 Å². The topological polar surface area (TPSA) is 75.6 Å². The van der Waals surface area contributed by atoms with Gasteiger partial charge in [0, 0.05) is 0 Å². The summed E-state index contributed by atoms with van der Waals surface area (Å²) >= 11 is 0. The molecule has 0 unspecified atom stereocenters. The van der Waals surface area contributed by atoms with Crippen LogP contribution >= 0.6 is 0 Å². The second-order valence-electron chi connectivity index (χ2n) is 5.35. The largest absolute Gasteiger partial charge is 0.481 e. The van der Waals surface area contributed by atoms with Crippen molar-refractivity contribution in [1.82, 2.24) is 5.32 Å². The molecule has 6 heteroatoms. The molecule has 0 aliphatic heterocycles. The summed E-state index contributed by atoms with van der Waals surface area (Å²) in [7, 11) is 0. The first-order valence-corrected chi connectivity index (χ1v) is 6.14. The third-order valence-electron chi connectivity index (χ3n) is 2.34. The zero-order valence-electron chi connectivity index (χ0n) is 11.6. The van der Waals surface area contributed by atoms with Gasteiger partial charge in [0.05, 0.1) is 12.5 Å². The fourth-order valence-corrected chi connectivity index (χ4v) is 1.57. The number of carboxylic acids is 1. The lowest BCUT2D eigenvalue weighted by molar-refractivity contribution is -0.137. The molecule has 0 bridgehead atoms. The summed E-state index contributed by atoms with van der Waals surface area (Å²) in [5, 5.41) is 11.4. The number of carbonyl (C=O) groups is 2. The predicted molar refractivity (Wildman–Crippen MR) is 70.8 cm³/mol. The molecule has 1 aromatic carbocycles. The van der Waals surface area contributed by atoms with E-state index in [1.54, 1.807) is 20.8 Å². The normalized spacial score (nSPS) is 12.6. The van der Waals surface area contributed by atoms with Gasteiger partial charge in [-0.15, -0.1) is 0 Å². The first-order valence-electron chi connectivity index (χ1n) is 6.14. The average Bonchev–Trinajstić information content (AvgIpc) is 2.25. The lowest BCUT2D eigenvalue weighted by atomic mass is 10.0. The minimum Gasteiger partial charge on any atom is -0.481 e. The summed E-state index contributed by atoms with van der Waals surface area (Å²) in [5.74, 6) is -1.50. The molecule has 0 radical (unpaired) electrons. The number of amides is 1. The Kier molecular flexibility index (Phi) is 5.07. The minimum atomic E-state index is -1.07. The molecule has 110 valence electrons. The molecule has 1 aromatic rings. The van der Waals surface area contributed by atoms with Crippen LogP contribution in [0.1, 0.15) is 38.8 Å². The summed E-state index contributed by atoms with van der Waals surface area (Å²) in [4.78, 5) is 22.5. The molecular formula is C14H18FNO4. The fourth-order valence-electron chi connectivity index (χ4n) is 1.57. The van der Waals surface area contributed by atoms with E-state index in [2.05, 4.69) is 5.32 Å². The SMILES string of the molecule is CC(C)(C)OC(=O)N[C@H](CC(=O)O)c1ccc(F)cc1. The van der Waals surface area contributed by atoms with Crippen LogP contribution in [0.25, 0.3) is 0 Å². The van der Waals surface area contributed by atoms with Gasteiger partial charge in [0.15, 0.2) is 0 Å². The van der Waals surface area contributed by atoms with Crippen LogP contribution in [0, 0.1) is 5.82 Å². The highest BCUT2D eigenvalue weighted by Crippen LogP contribution is 2.18. The molecule has 0 heterocycles. The van der Waals surface area contributed by atoms with E-state index in [1.807, 2.05) is 0 Å². The van der Waals surface area contributed by atoms with Gasteiger partial charge in [-0.25, -0.2) is 9.18 Å². The maximum atomic E-state index is 12.9. The standard InChI is InChI=1S/C14H18FNO4/c1-14(2,3)20-13(19)16-11(8-12(17)18)9-4-6-10(15)7-5-9/h4-7,11H,8H2,1-3H3,(H,16,19)(H,17,18)/t11-/m1/s1. The van der Waals surface area contributed by atoms with E-state index >= 15 is 0 Å². The minimum absolute atomic E-state index is 0.315. The van der Waals surface area contributed by atoms with Gasteiger partial charge in [-0.3, -0.25) is 4.79 Å². The van der Waals surface area contributed by atoms with Crippen LogP contribution in [-0.4, -0.2) is 22.8 Å². The Hall–Kier alpha value is -2.11. The second-order valence-corrected chi connectivity index (χ2v) is 5.35. The van der Waals surface area contributed by atoms with E-state index in [9.17, 15) is 14.0 Å². The highest BCUT2D eigenvalue weighted by molar-refractivity contribution is 5.72. The van der Waals surface area contributed by atoms with Gasteiger partial charge in [0.1, 0.15) is 11.4 Å². The molecule has 2 N–H and O–H groups in total. The quantitative estimate of drug-likeness (QED) is 0.891. The Balaban J connectivity index is 2.82. The van der Waals surface area contributed by atoms with E-state index in [4.69, 9.17) is 9.84 Å². The molecule has 0 saturated heterocycles. The third kappa shape index (κ3) is 5.69. The molecule has 0 aliphatic carbocycles. The van der Waals surface area contributed by atoms with Crippen molar-refractivity contribution in [2.75, 3.05) is 0 Å². The molecule has 0 aromatic heterocycles. The summed E-state index contributed by atoms with van der Waals surface area (Å²) in [5.41, 5.74) is -0.180. The Bertz CT molecular complexity index is 479. The molecule has 0 fully saturated rings. The van der Waals surface area contributed by atoms with Crippen LogP contribution in [0.5, 0.6) is 0 Å². The zero-order chi connectivity index (χ0) is 15.3. The number of ether oxygens (including phenoxy) is 1. The van der Waals surface area contributed by atoms with Crippen molar-refractivity contribution in [3.63, 3.8) is 0 Å². The number of nitrogens with one attached hydrogen (secondary N) is 1. The van der Waals surface area contributed by atoms with Gasteiger partial charge in [-0.05, 0) is 38.5 Å². The van der Waals surface area contributed by atoms with Crippen molar-refractivity contribution in [3.05, 3.63) is 35.6 Å². The number of benzene rings is 1. The third-order valence-corrected chi connectivity index (χ3v) is 2.34. The van der Waals surface area contributed by atoms with E-state index in [-0.39, 0.29) is 6.42 Å². The number of halogens is 1. The van der Waals surface area contributed by atoms with Gasteiger partial charge < -0.3 is 15.2 Å². The van der Waals surface area contributed by atoms with Crippen LogP contribution in [-0.2, 0) is 9.53 Å². The highest BCUT2D eigenvalue weighted by atomic mass is 19.1. The van der Waals surface area contributed by atoms with Crippen molar-refractivity contribution in [1.29, 1.82) is 0 Å². The summed E-state index contributed by atoms with van der Waals surface area (Å²) in [6.45, 7) is 5.12. The van der Waals surface area contributed by atoms with Crippen LogP contribution < -0.4 is 5.32 Å². The Labute approximate surface area is 116 Å². The van der Waals surface area contributed by atoms with Crippen LogP contribution in [0.4, 0.5) is 9.18 Å². The van der Waals surface area contributed by atoms with Gasteiger partial charge in [0.2, 0.25) is 0 Å². The van der Waals surface area contributed by atoms with Gasteiger partial charge in [0.25, 0.3) is 0 Å². The highest BCUT2D eigenvalue weighted by Gasteiger charge is 2.22. The number of carbonyl (C=O) groups excluding carboxylic acids is 1. The lowest BCUT2D eigenvalue weighted by Crippen LogP contribution is -2.35. The molecule has 20 heavy (non-hydrogen) atoms. The fraction of sp³-hybridized carbons (Fsp3) is 0.429. The molecule has 0 aliphatic rings. The van der Waals surface area contributed by atoms with Gasteiger partial charge in [-0.2, -0.15) is 0 Å². The molecular weight excluding hydrogens is 265 g/mol. The first kappa shape index (κ1) is 15.9. The van der Waals surface area contributed by atoms with Crippen molar-refractivity contribution in [2.24, 2.45) is 0 Å². The Morgan fingerprint density at radius 2 is 1.85 bits per heavy atom. The van der Waals surface area contributed by atoms with E-state index in [1.165, 1.54) is 24.3 Å². The molecule has 1 rings (SSSR count). The Morgan fingerprint density at radius 1 is 1.30 bits per heavy atom. The van der Waals surface area contributed by atoms with Crippen molar-refractivity contribution >= 4 is 12.1 Å². The second kappa shape index (κ2) is 6.36.